The zero-order valence-electron chi connectivity index (χ0n) is 13.9. The summed E-state index contributed by atoms with van der Waals surface area (Å²) in [5.74, 6) is 0.148. The summed E-state index contributed by atoms with van der Waals surface area (Å²) in [6, 6.07) is 10.8. The normalized spacial score (nSPS) is 11.1. The van der Waals surface area contributed by atoms with Gasteiger partial charge >= 0.3 is 6.18 Å². The number of aryl methyl sites for hydroxylation is 1. The molecule has 1 amide bonds. The summed E-state index contributed by atoms with van der Waals surface area (Å²) in [7, 11) is 0. The molecule has 0 atom stereocenters. The maximum atomic E-state index is 12.9. The van der Waals surface area contributed by atoms with Gasteiger partial charge in [-0.05, 0) is 43.7 Å². The number of ether oxygens (including phenoxy) is 1. The van der Waals surface area contributed by atoms with Crippen molar-refractivity contribution in [3.63, 3.8) is 0 Å². The first kappa shape index (κ1) is 18.6. The van der Waals surface area contributed by atoms with Gasteiger partial charge in [0.05, 0.1) is 24.4 Å². The van der Waals surface area contributed by atoms with Gasteiger partial charge in [0.25, 0.3) is 0 Å². The van der Waals surface area contributed by atoms with Crippen LogP contribution >= 0.6 is 0 Å². The molecule has 0 bridgehead atoms. The van der Waals surface area contributed by atoms with Crippen LogP contribution in [0.2, 0.25) is 0 Å². The predicted octanol–water partition coefficient (Wildman–Crippen LogP) is 4.46. The van der Waals surface area contributed by atoms with Crippen molar-refractivity contribution in [3.05, 3.63) is 53.6 Å². The van der Waals surface area contributed by atoms with Crippen molar-refractivity contribution in [2.75, 3.05) is 23.8 Å². The molecule has 2 aromatic rings. The number of hydrogen-bond donors (Lipinski definition) is 2. The van der Waals surface area contributed by atoms with Crippen molar-refractivity contribution in [2.45, 2.75) is 20.0 Å². The molecule has 0 radical (unpaired) electrons. The van der Waals surface area contributed by atoms with Gasteiger partial charge in [0.15, 0.2) is 0 Å². The molecule has 0 unspecified atom stereocenters. The monoisotopic (exact) mass is 352 g/mol. The highest BCUT2D eigenvalue weighted by Gasteiger charge is 2.32. The van der Waals surface area contributed by atoms with E-state index in [9.17, 15) is 18.0 Å². The molecule has 2 rings (SSSR count). The van der Waals surface area contributed by atoms with E-state index in [-0.39, 0.29) is 23.7 Å². The summed E-state index contributed by atoms with van der Waals surface area (Å²) in [5, 5.41) is 5.38. The van der Waals surface area contributed by atoms with Crippen molar-refractivity contribution < 1.29 is 22.7 Å². The summed E-state index contributed by atoms with van der Waals surface area (Å²) in [6.45, 7) is 3.51. The zero-order valence-corrected chi connectivity index (χ0v) is 13.9. The van der Waals surface area contributed by atoms with E-state index in [2.05, 4.69) is 10.6 Å². The lowest BCUT2D eigenvalue weighted by molar-refractivity contribution is -0.138. The molecule has 0 heterocycles. The van der Waals surface area contributed by atoms with Gasteiger partial charge in [0.1, 0.15) is 5.75 Å². The number of halogens is 3. The molecule has 0 aliphatic heterocycles. The first-order valence-electron chi connectivity index (χ1n) is 7.74. The maximum absolute atomic E-state index is 12.9. The number of nitrogens with one attached hydrogen (secondary N) is 2. The zero-order chi connectivity index (χ0) is 18.4. The molecule has 0 aliphatic carbocycles. The molecule has 2 N–H and O–H groups in total. The van der Waals surface area contributed by atoms with Gasteiger partial charge in [-0.3, -0.25) is 4.79 Å². The Hall–Kier alpha value is -2.70. The molecule has 0 fully saturated rings. The molecule has 134 valence electrons. The summed E-state index contributed by atoms with van der Waals surface area (Å²) >= 11 is 0. The average Bonchev–Trinajstić information content (AvgIpc) is 2.55. The number of benzene rings is 2. The Balaban J connectivity index is 2.01. The van der Waals surface area contributed by atoms with Crippen molar-refractivity contribution in [3.8, 4) is 5.75 Å². The second kappa shape index (κ2) is 7.92. The molecule has 0 saturated heterocycles. The summed E-state index contributed by atoms with van der Waals surface area (Å²) in [4.78, 5) is 12.0. The Labute approximate surface area is 144 Å². The Kier molecular flexibility index (Phi) is 5.90. The van der Waals surface area contributed by atoms with Gasteiger partial charge in [-0.25, -0.2) is 0 Å². The Morgan fingerprint density at radius 2 is 1.88 bits per heavy atom. The van der Waals surface area contributed by atoms with E-state index in [1.165, 1.54) is 19.1 Å². The van der Waals surface area contributed by atoms with Crippen LogP contribution in [0.4, 0.5) is 24.5 Å². The number of alkyl halides is 3. The number of anilines is 2. The quantitative estimate of drug-likeness (QED) is 0.807. The van der Waals surface area contributed by atoms with Crippen molar-refractivity contribution >= 4 is 17.3 Å². The second-order valence-corrected chi connectivity index (χ2v) is 5.36. The number of hydrogen-bond acceptors (Lipinski definition) is 3. The smallest absolute Gasteiger partial charge is 0.416 e. The van der Waals surface area contributed by atoms with Crippen LogP contribution < -0.4 is 15.4 Å². The summed E-state index contributed by atoms with van der Waals surface area (Å²) in [5.41, 5.74) is 0.148. The molecular weight excluding hydrogens is 333 g/mol. The minimum atomic E-state index is -4.43. The highest BCUT2D eigenvalue weighted by Crippen LogP contribution is 2.33. The number of rotatable bonds is 6. The van der Waals surface area contributed by atoms with Crippen LogP contribution in [0.15, 0.2) is 42.5 Å². The third-order valence-electron chi connectivity index (χ3n) is 3.46. The van der Waals surface area contributed by atoms with Crippen molar-refractivity contribution in [1.29, 1.82) is 0 Å². The number of carbonyl (C=O) groups is 1. The highest BCUT2D eigenvalue weighted by atomic mass is 19.4. The van der Waals surface area contributed by atoms with Crippen LogP contribution in [0.25, 0.3) is 0 Å². The largest absolute Gasteiger partial charge is 0.492 e. The van der Waals surface area contributed by atoms with Gasteiger partial charge in [-0.2, -0.15) is 13.2 Å². The topological polar surface area (TPSA) is 50.4 Å². The SMILES string of the molecule is CCOc1ccccc1NC(=O)CNc1ccc(C)c(C(F)(F)F)c1. The predicted molar refractivity (Wildman–Crippen MR) is 90.9 cm³/mol. The van der Waals surface area contributed by atoms with Gasteiger partial charge in [-0.1, -0.05) is 18.2 Å². The van der Waals surface area contributed by atoms with Crippen LogP contribution in [0.1, 0.15) is 18.1 Å². The van der Waals surface area contributed by atoms with E-state index in [0.717, 1.165) is 6.07 Å². The van der Waals surface area contributed by atoms with E-state index in [1.54, 1.807) is 24.3 Å². The lowest BCUT2D eigenvalue weighted by Gasteiger charge is -2.14. The Morgan fingerprint density at radius 1 is 1.16 bits per heavy atom. The Bertz CT molecular complexity index is 745. The molecule has 0 aliphatic rings. The van der Waals surface area contributed by atoms with Crippen LogP contribution in [0.5, 0.6) is 5.75 Å². The fourth-order valence-corrected chi connectivity index (χ4v) is 2.27. The maximum Gasteiger partial charge on any atom is 0.416 e. The molecule has 0 saturated carbocycles. The van der Waals surface area contributed by atoms with Gasteiger partial charge in [-0.15, -0.1) is 0 Å². The number of carbonyl (C=O) groups excluding carboxylic acids is 1. The van der Waals surface area contributed by atoms with E-state index in [4.69, 9.17) is 4.74 Å². The van der Waals surface area contributed by atoms with E-state index < -0.39 is 11.7 Å². The first-order valence-corrected chi connectivity index (χ1v) is 7.74. The molecule has 4 nitrogen and oxygen atoms in total. The molecule has 0 spiro atoms. The third-order valence-corrected chi connectivity index (χ3v) is 3.46. The van der Waals surface area contributed by atoms with Crippen LogP contribution in [0, 0.1) is 6.92 Å². The first-order chi connectivity index (χ1) is 11.8. The third kappa shape index (κ3) is 5.14. The van der Waals surface area contributed by atoms with Gasteiger partial charge in [0.2, 0.25) is 5.91 Å². The standard InChI is InChI=1S/C18H19F3N2O2/c1-3-25-16-7-5-4-6-15(16)23-17(24)11-22-13-9-8-12(2)14(10-13)18(19,20)21/h4-10,22H,3,11H2,1-2H3,(H,23,24). The van der Waals surface area contributed by atoms with Crippen LogP contribution in [-0.4, -0.2) is 19.1 Å². The highest BCUT2D eigenvalue weighted by molar-refractivity contribution is 5.95. The van der Waals surface area contributed by atoms with Gasteiger partial charge in [0, 0.05) is 5.69 Å². The molecule has 25 heavy (non-hydrogen) atoms. The molecule has 2 aromatic carbocycles. The molecular formula is C18H19F3N2O2. The molecule has 0 aromatic heterocycles. The van der Waals surface area contributed by atoms with E-state index in [0.29, 0.717) is 18.0 Å². The van der Waals surface area contributed by atoms with Crippen LogP contribution in [-0.2, 0) is 11.0 Å². The minimum absolute atomic E-state index is 0.133. The van der Waals surface area contributed by atoms with Crippen molar-refractivity contribution in [2.24, 2.45) is 0 Å². The lowest BCUT2D eigenvalue weighted by atomic mass is 10.1. The number of amides is 1. The fraction of sp³-hybridized carbons (Fsp3) is 0.278. The van der Waals surface area contributed by atoms with E-state index >= 15 is 0 Å². The number of para-hydroxylation sites is 2. The van der Waals surface area contributed by atoms with Gasteiger partial charge < -0.3 is 15.4 Å². The second-order valence-electron chi connectivity index (χ2n) is 5.36. The fourth-order valence-electron chi connectivity index (χ4n) is 2.27. The minimum Gasteiger partial charge on any atom is -0.492 e. The summed E-state index contributed by atoms with van der Waals surface area (Å²) < 4.78 is 44.1. The average molecular weight is 352 g/mol. The molecule has 7 heteroatoms. The van der Waals surface area contributed by atoms with Crippen molar-refractivity contribution in [1.82, 2.24) is 0 Å². The summed E-state index contributed by atoms with van der Waals surface area (Å²) in [6.07, 6.45) is -4.43. The van der Waals surface area contributed by atoms with E-state index in [1.807, 2.05) is 6.92 Å². The Morgan fingerprint density at radius 3 is 2.56 bits per heavy atom. The van der Waals surface area contributed by atoms with Crippen LogP contribution in [0.3, 0.4) is 0 Å². The lowest BCUT2D eigenvalue weighted by Crippen LogP contribution is -2.22.